The second-order valence-corrected chi connectivity index (χ2v) is 11.6. The third-order valence-corrected chi connectivity index (χ3v) is 8.80. The van der Waals surface area contributed by atoms with Crippen LogP contribution in [0.3, 0.4) is 0 Å². The number of carbonyl (C=O) groups excluding carboxylic acids is 2. The van der Waals surface area contributed by atoms with Gasteiger partial charge in [0.15, 0.2) is 0 Å². The molecule has 0 atom stereocenters. The normalized spacial score (nSPS) is 15.9. The zero-order valence-electron chi connectivity index (χ0n) is 24.9. The Kier molecular flexibility index (Phi) is 9.50. The van der Waals surface area contributed by atoms with Crippen LogP contribution in [-0.2, 0) is 16.1 Å². The van der Waals surface area contributed by atoms with Gasteiger partial charge in [0.05, 0.1) is 13.2 Å². The van der Waals surface area contributed by atoms with Crippen molar-refractivity contribution in [2.75, 3.05) is 52.5 Å². The van der Waals surface area contributed by atoms with Crippen LogP contribution in [0.4, 0.5) is 0 Å². The molecule has 4 aromatic rings. The van der Waals surface area contributed by atoms with Crippen molar-refractivity contribution >= 4 is 22.7 Å². The molecule has 1 N–H and O–H groups in total. The molecule has 2 aliphatic rings. The number of benzene rings is 3. The Morgan fingerprint density at radius 1 is 0.791 bits per heavy atom. The smallest absolute Gasteiger partial charge is 0.268 e. The summed E-state index contributed by atoms with van der Waals surface area (Å²) in [4.78, 5) is 30.8. The van der Waals surface area contributed by atoms with Gasteiger partial charge in [-0.2, -0.15) is 0 Å². The quantitative estimate of drug-likeness (QED) is 0.232. The van der Waals surface area contributed by atoms with E-state index in [0.717, 1.165) is 98.5 Å². The molecule has 224 valence electrons. The topological polar surface area (TPSA) is 66.8 Å². The number of morpholine rings is 1. The van der Waals surface area contributed by atoms with Crippen molar-refractivity contribution in [1.29, 1.82) is 0 Å². The van der Waals surface area contributed by atoms with Crippen molar-refractivity contribution in [3.63, 3.8) is 0 Å². The lowest BCUT2D eigenvalue weighted by atomic mass is 9.83. The van der Waals surface area contributed by atoms with Crippen LogP contribution in [-0.4, -0.2) is 78.7 Å². The molecule has 2 saturated heterocycles. The fraction of sp³-hybridized carbons (Fsp3) is 0.389. The highest BCUT2D eigenvalue weighted by molar-refractivity contribution is 6.02. The van der Waals surface area contributed by atoms with E-state index in [0.29, 0.717) is 19.5 Å². The van der Waals surface area contributed by atoms with Crippen LogP contribution in [0.25, 0.3) is 10.9 Å². The number of carbonyl (C=O) groups is 2. The first kappa shape index (κ1) is 29.1. The first-order valence-electron chi connectivity index (χ1n) is 15.8. The summed E-state index contributed by atoms with van der Waals surface area (Å²) >= 11 is 0. The number of rotatable bonds is 12. The van der Waals surface area contributed by atoms with Crippen LogP contribution < -0.4 is 5.32 Å². The molecule has 43 heavy (non-hydrogen) atoms. The van der Waals surface area contributed by atoms with E-state index in [-0.39, 0.29) is 17.7 Å². The van der Waals surface area contributed by atoms with Crippen molar-refractivity contribution in [2.45, 2.75) is 38.1 Å². The number of hydrogen-bond donors (Lipinski definition) is 1. The van der Waals surface area contributed by atoms with Gasteiger partial charge in [-0.1, -0.05) is 78.9 Å². The number of amides is 2. The Bertz CT molecular complexity index is 1470. The van der Waals surface area contributed by atoms with E-state index >= 15 is 0 Å². The van der Waals surface area contributed by atoms with Gasteiger partial charge in [-0.05, 0) is 36.5 Å². The lowest BCUT2D eigenvalue weighted by molar-refractivity contribution is -0.127. The summed E-state index contributed by atoms with van der Waals surface area (Å²) in [6, 6.07) is 29.5. The molecule has 2 aliphatic heterocycles. The van der Waals surface area contributed by atoms with Crippen LogP contribution in [0.5, 0.6) is 0 Å². The van der Waals surface area contributed by atoms with E-state index in [1.807, 2.05) is 17.0 Å². The van der Waals surface area contributed by atoms with Crippen LogP contribution in [0.2, 0.25) is 0 Å². The summed E-state index contributed by atoms with van der Waals surface area (Å²) in [7, 11) is 0. The molecule has 0 radical (unpaired) electrons. The average Bonchev–Trinajstić information content (AvgIpc) is 3.61. The molecule has 0 bridgehead atoms. The lowest BCUT2D eigenvalue weighted by Crippen LogP contribution is -2.37. The van der Waals surface area contributed by atoms with E-state index < -0.39 is 0 Å². The van der Waals surface area contributed by atoms with E-state index in [2.05, 4.69) is 87.6 Å². The van der Waals surface area contributed by atoms with Gasteiger partial charge in [0.25, 0.3) is 5.91 Å². The molecule has 7 heteroatoms. The number of para-hydroxylation sites is 1. The van der Waals surface area contributed by atoms with Gasteiger partial charge in [-0.15, -0.1) is 0 Å². The monoisotopic (exact) mass is 578 g/mol. The van der Waals surface area contributed by atoms with Gasteiger partial charge in [-0.25, -0.2) is 0 Å². The van der Waals surface area contributed by atoms with E-state index in [9.17, 15) is 9.59 Å². The zero-order chi connectivity index (χ0) is 29.4. The largest absolute Gasteiger partial charge is 0.379 e. The van der Waals surface area contributed by atoms with E-state index in [1.54, 1.807) is 0 Å². The number of ether oxygens (including phenoxy) is 1. The maximum absolute atomic E-state index is 14.3. The van der Waals surface area contributed by atoms with Gasteiger partial charge in [0.1, 0.15) is 5.69 Å². The molecule has 1 aromatic heterocycles. The van der Waals surface area contributed by atoms with Crippen LogP contribution in [0, 0.1) is 0 Å². The number of aryl methyl sites for hydroxylation is 1. The fourth-order valence-electron chi connectivity index (χ4n) is 6.69. The van der Waals surface area contributed by atoms with Crippen molar-refractivity contribution in [3.05, 3.63) is 107 Å². The minimum atomic E-state index is -0.101. The molecular weight excluding hydrogens is 536 g/mol. The van der Waals surface area contributed by atoms with E-state index in [4.69, 9.17) is 4.74 Å². The first-order chi connectivity index (χ1) is 21.2. The molecular formula is C36H42N4O3. The Morgan fingerprint density at radius 2 is 1.47 bits per heavy atom. The first-order valence-corrected chi connectivity index (χ1v) is 15.8. The lowest BCUT2D eigenvalue weighted by Gasteiger charge is -2.26. The molecule has 3 heterocycles. The molecule has 3 aromatic carbocycles. The Labute approximate surface area is 254 Å². The third-order valence-electron chi connectivity index (χ3n) is 8.80. The highest BCUT2D eigenvalue weighted by atomic mass is 16.5. The van der Waals surface area contributed by atoms with Gasteiger partial charge in [-0.3, -0.25) is 14.5 Å². The van der Waals surface area contributed by atoms with Crippen LogP contribution in [0.15, 0.2) is 84.9 Å². The van der Waals surface area contributed by atoms with Gasteiger partial charge in [0.2, 0.25) is 5.91 Å². The molecule has 0 aliphatic carbocycles. The average molecular weight is 579 g/mol. The second kappa shape index (κ2) is 14.0. The summed E-state index contributed by atoms with van der Waals surface area (Å²) in [6.07, 6.45) is 3.25. The molecule has 7 nitrogen and oxygen atoms in total. The summed E-state index contributed by atoms with van der Waals surface area (Å²) in [5.41, 5.74) is 5.19. The zero-order valence-corrected chi connectivity index (χ0v) is 24.9. The van der Waals surface area contributed by atoms with Crippen molar-refractivity contribution < 1.29 is 14.3 Å². The van der Waals surface area contributed by atoms with Crippen LogP contribution in [0.1, 0.15) is 58.8 Å². The third kappa shape index (κ3) is 6.68. The van der Waals surface area contributed by atoms with Gasteiger partial charge in [0, 0.05) is 74.6 Å². The standard InChI is InChI=1S/C36H42N4O3/c41-32-18-9-21-39(32)22-10-19-37-36(42)35-34(33(28-12-3-1-4-13-28)29-14-5-2-6-15-29)30-16-7-8-17-31(30)40(35)23-11-20-38-24-26-43-27-25-38/h1-8,12-17,33H,9-11,18-27H2,(H,37,42). The Balaban J connectivity index is 1.37. The summed E-state index contributed by atoms with van der Waals surface area (Å²) < 4.78 is 7.80. The number of hydrogen-bond acceptors (Lipinski definition) is 4. The maximum Gasteiger partial charge on any atom is 0.268 e. The molecule has 2 fully saturated rings. The minimum absolute atomic E-state index is 0.0535. The second-order valence-electron chi connectivity index (χ2n) is 11.6. The summed E-state index contributed by atoms with van der Waals surface area (Å²) in [5, 5.41) is 4.36. The number of nitrogens with zero attached hydrogens (tertiary/aromatic N) is 3. The molecule has 6 rings (SSSR count). The predicted molar refractivity (Wildman–Crippen MR) is 170 cm³/mol. The molecule has 0 unspecified atom stereocenters. The minimum Gasteiger partial charge on any atom is -0.379 e. The molecule has 0 saturated carbocycles. The summed E-state index contributed by atoms with van der Waals surface area (Å²) in [5.74, 6) is 0.0699. The van der Waals surface area contributed by atoms with Crippen LogP contribution >= 0.6 is 0 Å². The fourth-order valence-corrected chi connectivity index (χ4v) is 6.69. The van der Waals surface area contributed by atoms with Crippen molar-refractivity contribution in [3.8, 4) is 0 Å². The number of likely N-dealkylation sites (tertiary alicyclic amines) is 1. The highest BCUT2D eigenvalue weighted by Gasteiger charge is 2.30. The molecule has 0 spiro atoms. The SMILES string of the molecule is O=C(NCCCN1CCCC1=O)c1c(C(c2ccccc2)c2ccccc2)c2ccccc2n1CCCN1CCOCC1. The maximum atomic E-state index is 14.3. The summed E-state index contributed by atoms with van der Waals surface area (Å²) in [6.45, 7) is 7.22. The number of fused-ring (bicyclic) bond motifs is 1. The predicted octanol–water partition coefficient (Wildman–Crippen LogP) is 5.29. The van der Waals surface area contributed by atoms with Gasteiger partial charge >= 0.3 is 0 Å². The van der Waals surface area contributed by atoms with Crippen molar-refractivity contribution in [2.24, 2.45) is 0 Å². The Morgan fingerprint density at radius 3 is 2.14 bits per heavy atom. The number of aromatic nitrogens is 1. The van der Waals surface area contributed by atoms with Gasteiger partial charge < -0.3 is 19.5 Å². The van der Waals surface area contributed by atoms with Crippen molar-refractivity contribution in [1.82, 2.24) is 19.7 Å². The molecule has 2 amide bonds. The Hall–Kier alpha value is -3.94. The number of nitrogens with one attached hydrogen (secondary N) is 1. The highest BCUT2D eigenvalue weighted by Crippen LogP contribution is 2.40. The van der Waals surface area contributed by atoms with E-state index in [1.165, 1.54) is 0 Å².